The fourth-order valence-electron chi connectivity index (χ4n) is 3.44. The Morgan fingerprint density at radius 2 is 2.17 bits per heavy atom. The van der Waals surface area contributed by atoms with Gasteiger partial charge in [-0.1, -0.05) is 0 Å². The van der Waals surface area contributed by atoms with Gasteiger partial charge in [-0.25, -0.2) is 0 Å². The molecule has 2 unspecified atom stereocenters. The summed E-state index contributed by atoms with van der Waals surface area (Å²) in [7, 11) is 0. The lowest BCUT2D eigenvalue weighted by atomic mass is 10.2. The normalized spacial score (nSPS) is 25.0. The zero-order chi connectivity index (χ0) is 15.9. The Balaban J connectivity index is 1.37. The number of ether oxygens (including phenoxy) is 2. The third-order valence-corrected chi connectivity index (χ3v) is 4.65. The second kappa shape index (κ2) is 8.80. The molecule has 2 atom stereocenters. The molecule has 0 aliphatic carbocycles. The van der Waals surface area contributed by atoms with Crippen LogP contribution < -0.4 is 0 Å². The molecule has 0 amide bonds. The highest BCUT2D eigenvalue weighted by Crippen LogP contribution is 2.19. The number of hydrogen-bond donors (Lipinski definition) is 1. The van der Waals surface area contributed by atoms with E-state index in [1.54, 1.807) is 6.26 Å². The summed E-state index contributed by atoms with van der Waals surface area (Å²) < 4.78 is 16.2. The van der Waals surface area contributed by atoms with Crippen molar-refractivity contribution in [3.8, 4) is 0 Å². The van der Waals surface area contributed by atoms with Crippen molar-refractivity contribution in [2.75, 3.05) is 52.5 Å². The molecule has 2 aliphatic heterocycles. The molecule has 23 heavy (non-hydrogen) atoms. The maximum atomic E-state index is 10.2. The molecule has 0 saturated carbocycles. The van der Waals surface area contributed by atoms with Gasteiger partial charge in [-0.15, -0.1) is 0 Å². The summed E-state index contributed by atoms with van der Waals surface area (Å²) in [6.45, 7) is 7.35. The Morgan fingerprint density at radius 1 is 1.30 bits per heavy atom. The topological polar surface area (TPSA) is 58.3 Å². The predicted molar refractivity (Wildman–Crippen MR) is 86.2 cm³/mol. The number of furan rings is 1. The maximum Gasteiger partial charge on any atom is 0.129 e. The molecule has 2 fully saturated rings. The Bertz CT molecular complexity index is 434. The zero-order valence-electron chi connectivity index (χ0n) is 13.7. The van der Waals surface area contributed by atoms with Gasteiger partial charge in [0.15, 0.2) is 0 Å². The van der Waals surface area contributed by atoms with Crippen LogP contribution in [0.1, 0.15) is 18.6 Å². The first-order chi connectivity index (χ1) is 11.3. The number of hydrogen-bond acceptors (Lipinski definition) is 6. The van der Waals surface area contributed by atoms with Crippen LogP contribution in [0, 0.1) is 0 Å². The van der Waals surface area contributed by atoms with Crippen LogP contribution >= 0.6 is 0 Å². The molecule has 0 aromatic carbocycles. The average Bonchev–Trinajstić information content (AvgIpc) is 3.21. The van der Waals surface area contributed by atoms with Crippen LogP contribution in [0.5, 0.6) is 0 Å². The lowest BCUT2D eigenvalue weighted by Gasteiger charge is -2.33. The molecule has 6 nitrogen and oxygen atoms in total. The van der Waals surface area contributed by atoms with E-state index in [9.17, 15) is 5.11 Å². The van der Waals surface area contributed by atoms with E-state index >= 15 is 0 Å². The van der Waals surface area contributed by atoms with Gasteiger partial charge in [-0.05, 0) is 31.5 Å². The van der Waals surface area contributed by atoms with Gasteiger partial charge in [0, 0.05) is 32.2 Å². The molecule has 130 valence electrons. The number of nitrogens with zero attached hydrogens (tertiary/aromatic N) is 2. The fraction of sp³-hybridized carbons (Fsp3) is 0.765. The van der Waals surface area contributed by atoms with Gasteiger partial charge in [-0.2, -0.15) is 0 Å². The summed E-state index contributed by atoms with van der Waals surface area (Å²) >= 11 is 0. The third-order valence-electron chi connectivity index (χ3n) is 4.65. The first kappa shape index (κ1) is 16.9. The van der Waals surface area contributed by atoms with E-state index in [2.05, 4.69) is 9.80 Å². The Morgan fingerprint density at radius 3 is 2.96 bits per heavy atom. The fourth-order valence-corrected chi connectivity index (χ4v) is 3.44. The van der Waals surface area contributed by atoms with Gasteiger partial charge in [0.25, 0.3) is 0 Å². The predicted octanol–water partition coefficient (Wildman–Crippen LogP) is 0.954. The van der Waals surface area contributed by atoms with Crippen molar-refractivity contribution in [2.24, 2.45) is 0 Å². The van der Waals surface area contributed by atoms with Gasteiger partial charge in [0.2, 0.25) is 0 Å². The van der Waals surface area contributed by atoms with E-state index in [0.717, 1.165) is 45.2 Å². The van der Waals surface area contributed by atoms with Crippen LogP contribution in [-0.4, -0.2) is 79.6 Å². The van der Waals surface area contributed by atoms with Crippen molar-refractivity contribution < 1.29 is 19.0 Å². The van der Waals surface area contributed by atoms with Gasteiger partial charge in [-0.3, -0.25) is 9.80 Å². The summed E-state index contributed by atoms with van der Waals surface area (Å²) in [5.74, 6) is 0.795. The molecular weight excluding hydrogens is 296 g/mol. The van der Waals surface area contributed by atoms with Crippen LogP contribution in [0.25, 0.3) is 0 Å². The van der Waals surface area contributed by atoms with Crippen LogP contribution in [0.3, 0.4) is 0 Å². The summed E-state index contributed by atoms with van der Waals surface area (Å²) in [6.07, 6.45) is 3.62. The third kappa shape index (κ3) is 5.29. The summed E-state index contributed by atoms with van der Waals surface area (Å²) in [6, 6.07) is 4.27. The van der Waals surface area contributed by atoms with Crippen LogP contribution in [0.15, 0.2) is 22.8 Å². The number of morpholine rings is 1. The second-order valence-corrected chi connectivity index (χ2v) is 6.45. The Hall–Kier alpha value is -0.920. The highest BCUT2D eigenvalue weighted by molar-refractivity contribution is 4.96. The quantitative estimate of drug-likeness (QED) is 0.768. The van der Waals surface area contributed by atoms with Gasteiger partial charge < -0.3 is 19.0 Å². The number of aliphatic hydroxyl groups is 1. The maximum absolute atomic E-state index is 10.2. The average molecular weight is 324 g/mol. The number of likely N-dealkylation sites (tertiary alicyclic amines) is 1. The molecule has 0 bridgehead atoms. The van der Waals surface area contributed by atoms with E-state index in [1.165, 1.54) is 12.8 Å². The smallest absolute Gasteiger partial charge is 0.129 e. The zero-order valence-corrected chi connectivity index (χ0v) is 13.7. The lowest BCUT2D eigenvalue weighted by molar-refractivity contribution is -0.00497. The SMILES string of the molecule is OC(COCc1ccco1)CN1CCCC1CN1CCOCC1. The van der Waals surface area contributed by atoms with E-state index in [4.69, 9.17) is 13.9 Å². The van der Waals surface area contributed by atoms with E-state index in [-0.39, 0.29) is 0 Å². The van der Waals surface area contributed by atoms with E-state index in [1.807, 2.05) is 12.1 Å². The van der Waals surface area contributed by atoms with Gasteiger partial charge >= 0.3 is 0 Å². The minimum absolute atomic E-state index is 0.349. The molecule has 0 radical (unpaired) electrons. The highest BCUT2D eigenvalue weighted by atomic mass is 16.5. The molecule has 3 rings (SSSR count). The number of aliphatic hydroxyl groups excluding tert-OH is 1. The number of rotatable bonds is 8. The summed E-state index contributed by atoms with van der Waals surface area (Å²) in [5, 5.41) is 10.2. The summed E-state index contributed by atoms with van der Waals surface area (Å²) in [4.78, 5) is 4.89. The van der Waals surface area contributed by atoms with E-state index < -0.39 is 6.10 Å². The minimum Gasteiger partial charge on any atom is -0.467 e. The molecule has 6 heteroatoms. The second-order valence-electron chi connectivity index (χ2n) is 6.45. The molecule has 2 saturated heterocycles. The molecular formula is C17H28N2O4. The standard InChI is InChI=1S/C17H28N2O4/c20-16(13-22-14-17-4-2-8-23-17)12-19-5-1-3-15(19)11-18-6-9-21-10-7-18/h2,4,8,15-16,20H,1,3,5-7,9-14H2. The molecule has 0 spiro atoms. The Labute approximate surface area is 137 Å². The van der Waals surface area contributed by atoms with Gasteiger partial charge in [0.05, 0.1) is 32.2 Å². The number of β-amino-alcohol motifs (C(OH)–C–C–N with tert-alkyl or cyclic N) is 1. The van der Waals surface area contributed by atoms with Gasteiger partial charge in [0.1, 0.15) is 12.4 Å². The van der Waals surface area contributed by atoms with Crippen molar-refractivity contribution in [3.05, 3.63) is 24.2 Å². The lowest BCUT2D eigenvalue weighted by Crippen LogP contribution is -2.47. The molecule has 1 N–H and O–H groups in total. The van der Waals surface area contributed by atoms with Crippen molar-refractivity contribution in [3.63, 3.8) is 0 Å². The minimum atomic E-state index is -0.449. The largest absolute Gasteiger partial charge is 0.467 e. The first-order valence-corrected chi connectivity index (χ1v) is 8.63. The van der Waals surface area contributed by atoms with Crippen molar-refractivity contribution >= 4 is 0 Å². The van der Waals surface area contributed by atoms with Crippen molar-refractivity contribution in [1.82, 2.24) is 9.80 Å². The highest BCUT2D eigenvalue weighted by Gasteiger charge is 2.28. The van der Waals surface area contributed by atoms with Crippen LogP contribution in [-0.2, 0) is 16.1 Å². The molecule has 1 aromatic rings. The first-order valence-electron chi connectivity index (χ1n) is 8.63. The molecule has 3 heterocycles. The molecule has 2 aliphatic rings. The monoisotopic (exact) mass is 324 g/mol. The van der Waals surface area contributed by atoms with Crippen molar-refractivity contribution in [1.29, 1.82) is 0 Å². The van der Waals surface area contributed by atoms with Crippen LogP contribution in [0.2, 0.25) is 0 Å². The van der Waals surface area contributed by atoms with Crippen LogP contribution in [0.4, 0.5) is 0 Å². The summed E-state index contributed by atoms with van der Waals surface area (Å²) in [5.41, 5.74) is 0. The molecule has 1 aromatic heterocycles. The van der Waals surface area contributed by atoms with Crippen molar-refractivity contribution in [2.45, 2.75) is 31.6 Å². The van der Waals surface area contributed by atoms with E-state index in [0.29, 0.717) is 25.8 Å². The Kier molecular flexibility index (Phi) is 6.47.